The van der Waals surface area contributed by atoms with Crippen LogP contribution in [0.15, 0.2) is 18.2 Å². The van der Waals surface area contributed by atoms with E-state index in [1.807, 2.05) is 0 Å². The summed E-state index contributed by atoms with van der Waals surface area (Å²) in [5, 5.41) is 5.59. The minimum absolute atomic E-state index is 0.133. The number of imide groups is 1. The van der Waals surface area contributed by atoms with Crippen LogP contribution in [0.3, 0.4) is 0 Å². The lowest BCUT2D eigenvalue weighted by atomic mass is 9.96. The molecule has 1 aromatic carbocycles. The van der Waals surface area contributed by atoms with Crippen LogP contribution in [0.2, 0.25) is 0 Å². The van der Waals surface area contributed by atoms with Crippen molar-refractivity contribution in [3.63, 3.8) is 0 Å². The van der Waals surface area contributed by atoms with Crippen LogP contribution in [0.25, 0.3) is 0 Å². The number of nitrogens with one attached hydrogen (secondary N) is 2. The summed E-state index contributed by atoms with van der Waals surface area (Å²) in [4.78, 5) is 43.4. The number of urea groups is 1. The maximum absolute atomic E-state index is 14.1. The highest BCUT2D eigenvalue weighted by atomic mass is 19.1. The Labute approximate surface area is 188 Å². The van der Waals surface area contributed by atoms with Crippen LogP contribution >= 0.6 is 0 Å². The molecule has 2 unspecified atom stereocenters. The zero-order valence-electron chi connectivity index (χ0n) is 19.0. The summed E-state index contributed by atoms with van der Waals surface area (Å²) in [6, 6.07) is 3.63. The van der Waals surface area contributed by atoms with Gasteiger partial charge in [0.2, 0.25) is 5.91 Å². The van der Waals surface area contributed by atoms with Gasteiger partial charge in [0.05, 0.1) is 6.04 Å². The van der Waals surface area contributed by atoms with Gasteiger partial charge in [-0.05, 0) is 57.4 Å². The Morgan fingerprint density at radius 1 is 1.25 bits per heavy atom. The Morgan fingerprint density at radius 3 is 2.56 bits per heavy atom. The third kappa shape index (κ3) is 4.30. The topological polar surface area (TPSA) is 85.0 Å². The van der Waals surface area contributed by atoms with Gasteiger partial charge in [-0.25, -0.2) is 9.18 Å². The number of carbonyl (C=O) groups excluding carboxylic acids is 3. The fourth-order valence-electron chi connectivity index (χ4n) is 4.77. The number of piperazine rings is 1. The molecule has 8 nitrogen and oxygen atoms in total. The lowest BCUT2D eigenvalue weighted by molar-refractivity contribution is -0.135. The summed E-state index contributed by atoms with van der Waals surface area (Å²) in [5.74, 6) is -1.04. The molecule has 2 saturated heterocycles. The van der Waals surface area contributed by atoms with E-state index in [9.17, 15) is 18.8 Å². The van der Waals surface area contributed by atoms with Crippen LogP contribution in [0.4, 0.5) is 14.9 Å². The second-order valence-electron chi connectivity index (χ2n) is 9.21. The molecule has 0 spiro atoms. The molecule has 2 heterocycles. The van der Waals surface area contributed by atoms with Gasteiger partial charge >= 0.3 is 6.03 Å². The van der Waals surface area contributed by atoms with Gasteiger partial charge in [-0.2, -0.15) is 0 Å². The van der Waals surface area contributed by atoms with E-state index in [4.69, 9.17) is 0 Å². The third-order valence-corrected chi connectivity index (χ3v) is 6.99. The minimum atomic E-state index is -0.917. The third-order valence-electron chi connectivity index (χ3n) is 6.99. The van der Waals surface area contributed by atoms with Crippen LogP contribution in [0.5, 0.6) is 0 Å². The molecule has 1 aliphatic carbocycles. The van der Waals surface area contributed by atoms with E-state index in [-0.39, 0.29) is 24.2 Å². The van der Waals surface area contributed by atoms with E-state index in [0.29, 0.717) is 5.56 Å². The number of benzene rings is 1. The highest BCUT2D eigenvalue weighted by Crippen LogP contribution is 2.42. The predicted octanol–water partition coefficient (Wildman–Crippen LogP) is 1.87. The second kappa shape index (κ2) is 8.69. The monoisotopic (exact) mass is 445 g/mol. The van der Waals surface area contributed by atoms with Gasteiger partial charge in [0.15, 0.2) is 0 Å². The first-order chi connectivity index (χ1) is 15.2. The summed E-state index contributed by atoms with van der Waals surface area (Å²) in [5.41, 5.74) is 0.661. The number of amides is 4. The Kier molecular flexibility index (Phi) is 6.11. The molecule has 174 valence electrons. The van der Waals surface area contributed by atoms with Crippen LogP contribution in [0, 0.1) is 11.7 Å². The van der Waals surface area contributed by atoms with Crippen molar-refractivity contribution in [3.8, 4) is 0 Å². The molecule has 9 heteroatoms. The summed E-state index contributed by atoms with van der Waals surface area (Å²) >= 11 is 0. The lowest BCUT2D eigenvalue weighted by Crippen LogP contribution is -2.47. The molecule has 3 fully saturated rings. The van der Waals surface area contributed by atoms with Crippen molar-refractivity contribution in [1.82, 2.24) is 20.4 Å². The van der Waals surface area contributed by atoms with Gasteiger partial charge in [0, 0.05) is 37.4 Å². The standard InChI is InChI=1S/C23H32FN5O3/c1-4-27-9-11-28(12-10-27)19-8-7-17(24)13-18(19)15(2)25-20(30)14-29-21(31)23(3,16-5-6-16)26-22(29)32/h7-8,13,15-16H,4-6,9-12,14H2,1-3H3,(H,25,30)(H,26,32). The SMILES string of the molecule is CCN1CCN(c2ccc(F)cc2C(C)NC(=O)CN2C(=O)NC(C)(C3CC3)C2=O)CC1. The molecule has 1 saturated carbocycles. The van der Waals surface area contributed by atoms with Gasteiger partial charge in [-0.1, -0.05) is 6.92 Å². The van der Waals surface area contributed by atoms with E-state index >= 15 is 0 Å². The fourth-order valence-corrected chi connectivity index (χ4v) is 4.77. The van der Waals surface area contributed by atoms with Crippen molar-refractivity contribution in [2.45, 2.75) is 45.2 Å². The van der Waals surface area contributed by atoms with E-state index in [1.54, 1.807) is 19.9 Å². The summed E-state index contributed by atoms with van der Waals surface area (Å²) in [7, 11) is 0. The van der Waals surface area contributed by atoms with E-state index in [0.717, 1.165) is 56.2 Å². The number of hydrogen-bond acceptors (Lipinski definition) is 5. The maximum Gasteiger partial charge on any atom is 0.325 e. The van der Waals surface area contributed by atoms with E-state index in [1.165, 1.54) is 12.1 Å². The second-order valence-corrected chi connectivity index (χ2v) is 9.21. The first-order valence-electron chi connectivity index (χ1n) is 11.4. The molecule has 32 heavy (non-hydrogen) atoms. The first-order valence-corrected chi connectivity index (χ1v) is 11.4. The molecule has 0 bridgehead atoms. The molecular formula is C23H32FN5O3. The van der Waals surface area contributed by atoms with Gasteiger partial charge in [0.25, 0.3) is 5.91 Å². The molecule has 0 aromatic heterocycles. The summed E-state index contributed by atoms with van der Waals surface area (Å²) in [6.07, 6.45) is 1.79. The molecule has 3 aliphatic rings. The van der Waals surface area contributed by atoms with Crippen molar-refractivity contribution in [1.29, 1.82) is 0 Å². The number of hydrogen-bond donors (Lipinski definition) is 2. The van der Waals surface area contributed by atoms with Crippen molar-refractivity contribution < 1.29 is 18.8 Å². The van der Waals surface area contributed by atoms with Crippen molar-refractivity contribution in [2.24, 2.45) is 5.92 Å². The van der Waals surface area contributed by atoms with Crippen molar-refractivity contribution >= 4 is 23.5 Å². The van der Waals surface area contributed by atoms with Crippen molar-refractivity contribution in [3.05, 3.63) is 29.6 Å². The summed E-state index contributed by atoms with van der Waals surface area (Å²) in [6.45, 7) is 9.82. The average Bonchev–Trinajstić information content (AvgIpc) is 3.60. The molecule has 4 amide bonds. The quantitative estimate of drug-likeness (QED) is 0.626. The maximum atomic E-state index is 14.1. The molecule has 2 N–H and O–H groups in total. The highest BCUT2D eigenvalue weighted by Gasteiger charge is 2.56. The number of nitrogens with zero attached hydrogens (tertiary/aromatic N) is 3. The Bertz CT molecular complexity index is 913. The average molecular weight is 446 g/mol. The van der Waals surface area contributed by atoms with Gasteiger partial charge in [-0.15, -0.1) is 0 Å². The Morgan fingerprint density at radius 2 is 1.94 bits per heavy atom. The van der Waals surface area contributed by atoms with Crippen LogP contribution in [0.1, 0.15) is 45.2 Å². The molecular weight excluding hydrogens is 413 g/mol. The minimum Gasteiger partial charge on any atom is -0.369 e. The number of rotatable bonds is 7. The van der Waals surface area contributed by atoms with Crippen LogP contribution in [-0.4, -0.2) is 72.5 Å². The van der Waals surface area contributed by atoms with Gasteiger partial charge in [0.1, 0.15) is 17.9 Å². The van der Waals surface area contributed by atoms with Gasteiger partial charge in [-0.3, -0.25) is 14.5 Å². The predicted molar refractivity (Wildman–Crippen MR) is 119 cm³/mol. The normalized spacial score (nSPS) is 25.1. The Balaban J connectivity index is 1.43. The molecule has 1 aromatic rings. The van der Waals surface area contributed by atoms with Gasteiger partial charge < -0.3 is 20.4 Å². The largest absolute Gasteiger partial charge is 0.369 e. The summed E-state index contributed by atoms with van der Waals surface area (Å²) < 4.78 is 14.1. The molecule has 4 rings (SSSR count). The Hall–Kier alpha value is -2.68. The first kappa shape index (κ1) is 22.5. The number of anilines is 1. The van der Waals surface area contributed by atoms with E-state index < -0.39 is 23.5 Å². The number of carbonyl (C=O) groups is 3. The van der Waals surface area contributed by atoms with E-state index in [2.05, 4.69) is 27.4 Å². The molecule has 0 radical (unpaired) electrons. The molecule has 2 aliphatic heterocycles. The fraction of sp³-hybridized carbons (Fsp3) is 0.609. The van der Waals surface area contributed by atoms with Crippen LogP contribution in [-0.2, 0) is 9.59 Å². The lowest BCUT2D eigenvalue weighted by Gasteiger charge is -2.37. The van der Waals surface area contributed by atoms with Crippen molar-refractivity contribution in [2.75, 3.05) is 44.2 Å². The molecule has 2 atom stereocenters. The zero-order chi connectivity index (χ0) is 23.0. The highest BCUT2D eigenvalue weighted by molar-refractivity contribution is 6.09. The zero-order valence-corrected chi connectivity index (χ0v) is 19.0. The number of halogens is 1. The number of likely N-dealkylation sites (N-methyl/N-ethyl adjacent to an activating group) is 1. The van der Waals surface area contributed by atoms with Crippen LogP contribution < -0.4 is 15.5 Å². The smallest absolute Gasteiger partial charge is 0.325 e.